The van der Waals surface area contributed by atoms with Gasteiger partial charge in [0, 0.05) is 38.7 Å². The molecule has 2 aromatic heterocycles. The molecule has 3 N–H and O–H groups in total. The van der Waals surface area contributed by atoms with E-state index in [0.29, 0.717) is 31.6 Å². The lowest BCUT2D eigenvalue weighted by Crippen LogP contribution is -2.59. The Morgan fingerprint density at radius 2 is 2.08 bits per heavy atom. The number of primary amides is 1. The number of anilines is 1. The molecular weight excluding hydrogens is 494 g/mol. The Morgan fingerprint density at radius 3 is 2.84 bits per heavy atom. The van der Waals surface area contributed by atoms with Crippen LogP contribution < -0.4 is 10.6 Å². The van der Waals surface area contributed by atoms with Gasteiger partial charge in [-0.15, -0.1) is 0 Å². The summed E-state index contributed by atoms with van der Waals surface area (Å²) >= 11 is 0. The lowest BCUT2D eigenvalue weighted by molar-refractivity contribution is -0.118. The number of nitrogens with two attached hydrogens (primary N) is 1. The molecule has 37 heavy (non-hydrogen) atoms. The van der Waals surface area contributed by atoms with Gasteiger partial charge in [0.05, 0.1) is 23.6 Å². The Bertz CT molecular complexity index is 1420. The van der Waals surface area contributed by atoms with Crippen molar-refractivity contribution in [2.45, 2.75) is 37.1 Å². The molecular formula is C25H29N7O4S. The number of piperazine rings is 1. The van der Waals surface area contributed by atoms with E-state index in [4.69, 9.17) is 15.2 Å². The molecule has 3 aromatic rings. The van der Waals surface area contributed by atoms with Gasteiger partial charge in [-0.05, 0) is 36.3 Å². The maximum absolute atomic E-state index is 13.4. The normalized spacial score (nSPS) is 22.7. The van der Waals surface area contributed by atoms with Gasteiger partial charge in [-0.3, -0.25) is 8.98 Å². The molecule has 0 radical (unpaired) electrons. The van der Waals surface area contributed by atoms with E-state index in [-0.39, 0.29) is 37.8 Å². The number of H-pyrrole nitrogens is 1. The van der Waals surface area contributed by atoms with Gasteiger partial charge < -0.3 is 15.6 Å². The molecule has 0 bridgehead atoms. The molecule has 11 nitrogen and oxygen atoms in total. The average Bonchev–Trinajstić information content (AvgIpc) is 3.34. The number of fused-ring (bicyclic) bond motifs is 1. The van der Waals surface area contributed by atoms with Crippen molar-refractivity contribution in [3.63, 3.8) is 0 Å². The van der Waals surface area contributed by atoms with E-state index in [1.165, 1.54) is 10.6 Å². The van der Waals surface area contributed by atoms with Gasteiger partial charge in [0.25, 0.3) is 0 Å². The topological polar surface area (TPSA) is 158 Å². The number of carbonyl (C=O) groups excluding carboxylic acids is 1. The zero-order valence-corrected chi connectivity index (χ0v) is 21.1. The second-order valence-electron chi connectivity index (χ2n) is 9.57. The summed E-state index contributed by atoms with van der Waals surface area (Å²) < 4.78 is 33.7. The number of carbonyl (C=O) groups is 1. The third-order valence-corrected chi connectivity index (χ3v) is 8.89. The molecule has 2 aliphatic rings. The van der Waals surface area contributed by atoms with E-state index in [2.05, 4.69) is 19.9 Å². The largest absolute Gasteiger partial charge is 0.370 e. The van der Waals surface area contributed by atoms with Crippen LogP contribution in [0.5, 0.6) is 0 Å². The van der Waals surface area contributed by atoms with Gasteiger partial charge in [-0.1, -0.05) is 30.3 Å². The third-order valence-electron chi connectivity index (χ3n) is 7.34. The van der Waals surface area contributed by atoms with E-state index in [1.807, 2.05) is 42.5 Å². The van der Waals surface area contributed by atoms with Gasteiger partial charge in [-0.25, -0.2) is 9.97 Å². The summed E-state index contributed by atoms with van der Waals surface area (Å²) in [7, 11) is -4.08. The van der Waals surface area contributed by atoms with Gasteiger partial charge in [0.15, 0.2) is 0 Å². The highest BCUT2D eigenvalue weighted by molar-refractivity contribution is 7.84. The highest BCUT2D eigenvalue weighted by Crippen LogP contribution is 2.59. The minimum absolute atomic E-state index is 0.0594. The molecule has 5 rings (SSSR count). The molecule has 1 saturated carbocycles. The minimum atomic E-state index is -4.08. The molecule has 1 amide bonds. The van der Waals surface area contributed by atoms with Gasteiger partial charge in [0.1, 0.15) is 17.8 Å². The predicted octanol–water partition coefficient (Wildman–Crippen LogP) is 2.06. The molecule has 1 aromatic carbocycles. The van der Waals surface area contributed by atoms with E-state index in [0.717, 1.165) is 16.8 Å². The Morgan fingerprint density at radius 1 is 1.27 bits per heavy atom. The first-order valence-corrected chi connectivity index (χ1v) is 13.6. The van der Waals surface area contributed by atoms with E-state index in [9.17, 15) is 13.2 Å². The highest BCUT2D eigenvalue weighted by Gasteiger charge is 2.66. The molecule has 194 valence electrons. The number of nitriles is 1. The number of hydrogen-bond acceptors (Lipinski definition) is 8. The zero-order chi connectivity index (χ0) is 26.0. The number of amides is 1. The maximum Gasteiger partial charge on any atom is 0.339 e. The fourth-order valence-corrected chi connectivity index (χ4v) is 7.12. The molecule has 1 spiro atoms. The highest BCUT2D eigenvalue weighted by atomic mass is 32.2. The molecule has 2 fully saturated rings. The Balaban J connectivity index is 1.49. The van der Waals surface area contributed by atoms with E-state index in [1.54, 1.807) is 6.20 Å². The first kappa shape index (κ1) is 25.1. The Labute approximate surface area is 215 Å². The number of hydrogen-bond donors (Lipinski definition) is 2. The van der Waals surface area contributed by atoms with Crippen LogP contribution in [-0.4, -0.2) is 65.4 Å². The monoisotopic (exact) mass is 523 g/mol. The molecule has 1 saturated heterocycles. The third kappa shape index (κ3) is 4.90. The zero-order valence-electron chi connectivity index (χ0n) is 20.3. The molecule has 1 aliphatic heterocycles. The van der Waals surface area contributed by atoms with Crippen molar-refractivity contribution < 1.29 is 17.4 Å². The summed E-state index contributed by atoms with van der Waals surface area (Å²) in [5.74, 6) is -0.0937. The van der Waals surface area contributed by atoms with Crippen LogP contribution >= 0.6 is 0 Å². The van der Waals surface area contributed by atoms with Crippen molar-refractivity contribution in [2.24, 2.45) is 11.7 Å². The number of nitrogens with one attached hydrogen (secondary N) is 1. The number of unbranched alkanes of at least 4 members (excludes halogenated alkanes) is 1. The summed E-state index contributed by atoms with van der Waals surface area (Å²) in [5.41, 5.74) is 6.50. The number of rotatable bonds is 10. The fraction of sp³-hybridized carbons (Fsp3) is 0.440. The first-order valence-electron chi connectivity index (χ1n) is 12.3. The quantitative estimate of drug-likeness (QED) is 0.382. The molecule has 3 atom stereocenters. The van der Waals surface area contributed by atoms with Crippen LogP contribution in [0.1, 0.15) is 37.2 Å². The molecule has 12 heteroatoms. The Hall–Kier alpha value is -3.53. The van der Waals surface area contributed by atoms with Crippen LogP contribution in [0.4, 0.5) is 5.82 Å². The Kier molecular flexibility index (Phi) is 6.85. The van der Waals surface area contributed by atoms with Crippen molar-refractivity contribution >= 4 is 33.1 Å². The van der Waals surface area contributed by atoms with Crippen LogP contribution in [0, 0.1) is 17.2 Å². The second-order valence-corrected chi connectivity index (χ2v) is 11.1. The first-order chi connectivity index (χ1) is 17.9. The standard InChI is InChI=1S/C25H29N7O4S/c26-9-4-5-13-36-37(34,35)32-12-11-31(24-19-8-10-28-23(19)29-17-30-24)16-25(32)15-21(25)20(14-22(27)33)18-6-2-1-3-7-18/h1-3,6-8,10,17,20-21H,4-5,11-16H2,(H2,27,33)(H,28,29,30). The number of aromatic amines is 1. The summed E-state index contributed by atoms with van der Waals surface area (Å²) in [6.45, 7) is 0.942. The SMILES string of the molecule is N#CCCCOS(=O)(=O)N1CCN(c2ncnc3[nH]ccc23)CC12CC2C(CC(N)=O)c1ccccc1. The number of nitrogens with zero attached hydrogens (tertiary/aromatic N) is 5. The fourth-order valence-electron chi connectivity index (χ4n) is 5.64. The van der Waals surface area contributed by atoms with Crippen molar-refractivity contribution in [2.75, 3.05) is 31.1 Å². The van der Waals surface area contributed by atoms with Crippen molar-refractivity contribution in [1.82, 2.24) is 19.3 Å². The summed E-state index contributed by atoms with van der Waals surface area (Å²) in [5, 5.41) is 9.65. The lowest BCUT2D eigenvalue weighted by atomic mass is 9.88. The summed E-state index contributed by atoms with van der Waals surface area (Å²) in [6.07, 6.45) is 4.50. The second kappa shape index (κ2) is 10.1. The summed E-state index contributed by atoms with van der Waals surface area (Å²) in [4.78, 5) is 26.1. The van der Waals surface area contributed by atoms with Gasteiger partial charge >= 0.3 is 10.3 Å². The lowest BCUT2D eigenvalue weighted by Gasteiger charge is -2.42. The van der Waals surface area contributed by atoms with E-state index >= 15 is 0 Å². The van der Waals surface area contributed by atoms with Crippen LogP contribution in [0.15, 0.2) is 48.9 Å². The summed E-state index contributed by atoms with van der Waals surface area (Å²) in [6, 6.07) is 13.5. The van der Waals surface area contributed by atoms with Crippen LogP contribution in [0.25, 0.3) is 11.0 Å². The average molecular weight is 524 g/mol. The smallest absolute Gasteiger partial charge is 0.339 e. The number of aromatic nitrogens is 3. The molecule has 1 aliphatic carbocycles. The van der Waals surface area contributed by atoms with Crippen molar-refractivity contribution in [3.05, 3.63) is 54.5 Å². The van der Waals surface area contributed by atoms with Crippen LogP contribution in [0.2, 0.25) is 0 Å². The van der Waals surface area contributed by atoms with Gasteiger partial charge in [-0.2, -0.15) is 18.0 Å². The van der Waals surface area contributed by atoms with Crippen LogP contribution in [-0.2, 0) is 19.3 Å². The predicted molar refractivity (Wildman–Crippen MR) is 136 cm³/mol. The van der Waals surface area contributed by atoms with Gasteiger partial charge in [0.2, 0.25) is 5.91 Å². The van der Waals surface area contributed by atoms with Crippen molar-refractivity contribution in [1.29, 1.82) is 5.26 Å². The minimum Gasteiger partial charge on any atom is -0.370 e. The maximum atomic E-state index is 13.4. The molecule has 3 unspecified atom stereocenters. The molecule has 3 heterocycles. The number of benzene rings is 1. The van der Waals surface area contributed by atoms with Crippen molar-refractivity contribution in [3.8, 4) is 6.07 Å². The van der Waals surface area contributed by atoms with Crippen LogP contribution in [0.3, 0.4) is 0 Å². The van der Waals surface area contributed by atoms with E-state index < -0.39 is 21.8 Å².